The highest BCUT2D eigenvalue weighted by atomic mass is 28.3. The maximum atomic E-state index is 3.93. The molecule has 0 N–H and O–H groups in total. The van der Waals surface area contributed by atoms with Gasteiger partial charge in [-0.05, 0) is 20.1 Å². The molecule has 84 valence electrons. The van der Waals surface area contributed by atoms with E-state index in [4.69, 9.17) is 0 Å². The quantitative estimate of drug-likeness (QED) is 0.462. The van der Waals surface area contributed by atoms with Gasteiger partial charge < -0.3 is 4.90 Å². The van der Waals surface area contributed by atoms with Crippen molar-refractivity contribution in [3.8, 4) is 0 Å². The largest absolute Gasteiger partial charge is 0.309 e. The van der Waals surface area contributed by atoms with Gasteiger partial charge >= 0.3 is 0 Å². The third-order valence-electron chi connectivity index (χ3n) is 3.66. The van der Waals surface area contributed by atoms with E-state index in [9.17, 15) is 0 Å². The van der Waals surface area contributed by atoms with Gasteiger partial charge in [0.1, 0.15) is 0 Å². The number of allylic oxidation sites excluding steroid dienone is 1. The smallest absolute Gasteiger partial charge is 0.0759 e. The summed E-state index contributed by atoms with van der Waals surface area (Å²) in [5.41, 5.74) is 0.769. The number of rotatable bonds is 7. The molecular formula is C12H27NSi. The molecule has 2 heteroatoms. The molecule has 0 saturated carbocycles. The van der Waals surface area contributed by atoms with E-state index in [2.05, 4.69) is 52.4 Å². The second-order valence-corrected chi connectivity index (χ2v) is 9.77. The first kappa shape index (κ1) is 13.9. The van der Waals surface area contributed by atoms with Crippen LogP contribution < -0.4 is 0 Å². The van der Waals surface area contributed by atoms with Crippen LogP contribution in [0.1, 0.15) is 27.2 Å². The molecule has 0 heterocycles. The van der Waals surface area contributed by atoms with Crippen molar-refractivity contribution >= 4 is 8.07 Å². The Morgan fingerprint density at radius 3 is 2.21 bits per heavy atom. The molecule has 2 atom stereocenters. The van der Waals surface area contributed by atoms with Crippen LogP contribution in [-0.4, -0.2) is 32.7 Å². The summed E-state index contributed by atoms with van der Waals surface area (Å²) in [5, 5.41) is 0. The highest BCUT2D eigenvalue weighted by Crippen LogP contribution is 2.28. The minimum atomic E-state index is -1.13. The summed E-state index contributed by atoms with van der Waals surface area (Å²) in [7, 11) is 3.29. The molecule has 0 aliphatic heterocycles. The van der Waals surface area contributed by atoms with Crippen molar-refractivity contribution in [1.82, 2.24) is 4.90 Å². The monoisotopic (exact) mass is 213 g/mol. The van der Waals surface area contributed by atoms with Gasteiger partial charge in [0.05, 0.1) is 8.07 Å². The maximum absolute atomic E-state index is 3.93. The molecule has 0 spiro atoms. The standard InChI is InChI=1S/C12H27NSi/c1-7-10-14(9-3,11-8-2)12(4)13(5)6/h7,12H,1,8-11H2,2-6H3. The molecule has 2 unspecified atom stereocenters. The van der Waals surface area contributed by atoms with Crippen LogP contribution in [0.4, 0.5) is 0 Å². The number of hydrogen-bond donors (Lipinski definition) is 0. The van der Waals surface area contributed by atoms with Crippen LogP contribution in [0.5, 0.6) is 0 Å². The first-order valence-corrected chi connectivity index (χ1v) is 8.51. The summed E-state index contributed by atoms with van der Waals surface area (Å²) in [4.78, 5) is 2.40. The van der Waals surface area contributed by atoms with Gasteiger partial charge in [-0.15, -0.1) is 6.58 Å². The summed E-state index contributed by atoms with van der Waals surface area (Å²) < 4.78 is 0. The molecule has 0 aliphatic carbocycles. The molecule has 0 rings (SSSR count). The van der Waals surface area contributed by atoms with E-state index >= 15 is 0 Å². The van der Waals surface area contributed by atoms with Gasteiger partial charge in [-0.25, -0.2) is 0 Å². The fraction of sp³-hybridized carbons (Fsp3) is 0.833. The minimum absolute atomic E-state index is 0.769. The predicted molar refractivity (Wildman–Crippen MR) is 69.5 cm³/mol. The zero-order chi connectivity index (χ0) is 11.2. The van der Waals surface area contributed by atoms with Crippen LogP contribution in [0.2, 0.25) is 18.1 Å². The van der Waals surface area contributed by atoms with E-state index in [-0.39, 0.29) is 0 Å². The van der Waals surface area contributed by atoms with Gasteiger partial charge in [0.15, 0.2) is 0 Å². The summed E-state index contributed by atoms with van der Waals surface area (Å²) >= 11 is 0. The molecule has 0 aromatic carbocycles. The van der Waals surface area contributed by atoms with Crippen LogP contribution in [0, 0.1) is 0 Å². The molecular weight excluding hydrogens is 186 g/mol. The van der Waals surface area contributed by atoms with E-state index in [0.717, 1.165) is 5.67 Å². The Balaban J connectivity index is 4.70. The molecule has 0 aromatic heterocycles. The molecule has 0 radical (unpaired) electrons. The van der Waals surface area contributed by atoms with Crippen molar-refractivity contribution < 1.29 is 0 Å². The topological polar surface area (TPSA) is 3.24 Å². The van der Waals surface area contributed by atoms with Gasteiger partial charge in [0.25, 0.3) is 0 Å². The Morgan fingerprint density at radius 1 is 1.36 bits per heavy atom. The fourth-order valence-electron chi connectivity index (χ4n) is 2.43. The van der Waals surface area contributed by atoms with Gasteiger partial charge in [0.2, 0.25) is 0 Å². The summed E-state index contributed by atoms with van der Waals surface area (Å²) in [5.74, 6) is 0. The predicted octanol–water partition coefficient (Wildman–Crippen LogP) is 3.54. The zero-order valence-electron chi connectivity index (χ0n) is 10.6. The van der Waals surface area contributed by atoms with Crippen molar-refractivity contribution in [2.24, 2.45) is 0 Å². The SMILES string of the molecule is C=CC[Si](CC)(CCC)C(C)N(C)C. The minimum Gasteiger partial charge on any atom is -0.309 e. The first-order chi connectivity index (χ1) is 6.54. The van der Waals surface area contributed by atoms with E-state index in [1.807, 2.05) is 0 Å². The Labute approximate surface area is 91.2 Å². The second-order valence-electron chi connectivity index (χ2n) is 4.60. The lowest BCUT2D eigenvalue weighted by Crippen LogP contribution is -2.51. The van der Waals surface area contributed by atoms with Gasteiger partial charge in [-0.2, -0.15) is 0 Å². The number of nitrogens with zero attached hydrogens (tertiary/aromatic N) is 1. The summed E-state index contributed by atoms with van der Waals surface area (Å²) in [6, 6.07) is 4.10. The average molecular weight is 213 g/mol. The Morgan fingerprint density at radius 2 is 1.93 bits per heavy atom. The fourth-order valence-corrected chi connectivity index (χ4v) is 7.29. The van der Waals surface area contributed by atoms with E-state index in [1.54, 1.807) is 0 Å². The van der Waals surface area contributed by atoms with E-state index in [1.165, 1.54) is 24.6 Å². The molecule has 0 bridgehead atoms. The van der Waals surface area contributed by atoms with Crippen LogP contribution in [0.25, 0.3) is 0 Å². The lowest BCUT2D eigenvalue weighted by Gasteiger charge is -2.39. The van der Waals surface area contributed by atoms with Crippen LogP contribution in [0.15, 0.2) is 12.7 Å². The van der Waals surface area contributed by atoms with Gasteiger partial charge in [0, 0.05) is 5.67 Å². The van der Waals surface area contributed by atoms with Crippen LogP contribution >= 0.6 is 0 Å². The summed E-state index contributed by atoms with van der Waals surface area (Å²) in [6.07, 6.45) is 3.47. The maximum Gasteiger partial charge on any atom is 0.0759 e. The van der Waals surface area contributed by atoms with E-state index < -0.39 is 8.07 Å². The lowest BCUT2D eigenvalue weighted by molar-refractivity contribution is 0.379. The van der Waals surface area contributed by atoms with Crippen molar-refractivity contribution in [3.05, 3.63) is 12.7 Å². The van der Waals surface area contributed by atoms with Gasteiger partial charge in [-0.1, -0.05) is 45.4 Å². The normalized spacial score (nSPS) is 17.9. The number of hydrogen-bond acceptors (Lipinski definition) is 1. The average Bonchev–Trinajstić information content (AvgIpc) is 2.16. The molecule has 0 saturated heterocycles. The Hall–Kier alpha value is -0.0831. The zero-order valence-corrected chi connectivity index (χ0v) is 11.6. The molecule has 0 amide bonds. The second kappa shape index (κ2) is 6.41. The van der Waals surface area contributed by atoms with Crippen molar-refractivity contribution in [2.75, 3.05) is 14.1 Å². The van der Waals surface area contributed by atoms with Gasteiger partial charge in [-0.3, -0.25) is 0 Å². The lowest BCUT2D eigenvalue weighted by atomic mass is 10.6. The third kappa shape index (κ3) is 3.25. The van der Waals surface area contributed by atoms with Crippen LogP contribution in [-0.2, 0) is 0 Å². The Kier molecular flexibility index (Phi) is 6.37. The highest BCUT2D eigenvalue weighted by Gasteiger charge is 2.35. The molecule has 0 fully saturated rings. The molecule has 1 nitrogen and oxygen atoms in total. The van der Waals surface area contributed by atoms with Crippen molar-refractivity contribution in [3.63, 3.8) is 0 Å². The first-order valence-electron chi connectivity index (χ1n) is 5.81. The third-order valence-corrected chi connectivity index (χ3v) is 9.96. The van der Waals surface area contributed by atoms with Crippen molar-refractivity contribution in [1.29, 1.82) is 0 Å². The van der Waals surface area contributed by atoms with Crippen molar-refractivity contribution in [2.45, 2.75) is 51.0 Å². The molecule has 0 aliphatic rings. The summed E-state index contributed by atoms with van der Waals surface area (Å²) in [6.45, 7) is 11.0. The van der Waals surface area contributed by atoms with E-state index in [0.29, 0.717) is 0 Å². The highest BCUT2D eigenvalue weighted by molar-refractivity contribution is 6.81. The molecule has 0 aromatic rings. The Bertz CT molecular complexity index is 168. The van der Waals surface area contributed by atoms with Crippen LogP contribution in [0.3, 0.4) is 0 Å². The molecule has 14 heavy (non-hydrogen) atoms.